The van der Waals surface area contributed by atoms with Gasteiger partial charge in [0.15, 0.2) is 0 Å². The summed E-state index contributed by atoms with van der Waals surface area (Å²) >= 11 is 0. The minimum atomic E-state index is -0.208. The molecule has 0 aromatic heterocycles. The van der Waals surface area contributed by atoms with Crippen molar-refractivity contribution in [2.24, 2.45) is 5.92 Å². The first-order chi connectivity index (χ1) is 11.8. The Kier molecular flexibility index (Phi) is 6.20. The fourth-order valence-electron chi connectivity index (χ4n) is 3.86. The Hall–Kier alpha value is -2.34. The maximum Gasteiger partial charge on any atom is 0.216 e. The van der Waals surface area contributed by atoms with Gasteiger partial charge in [-0.3, -0.25) is 9.59 Å². The van der Waals surface area contributed by atoms with E-state index in [1.54, 1.807) is 0 Å². The molecule has 25 heavy (non-hydrogen) atoms. The van der Waals surface area contributed by atoms with Crippen LogP contribution < -0.4 is 5.32 Å². The standard InChI is InChI=1S/C22H27NO2/c1-6-7-18-10-14(2)21(15(3)11-18)22-16(4)12-19(13-20(22)25)8-9-23-17(5)24/h10-11,19,22H,4,8-9,12-13H2,1-3,5H3,(H,23,24). The molecule has 1 N–H and O–H groups in total. The minimum Gasteiger partial charge on any atom is -0.356 e. The largest absolute Gasteiger partial charge is 0.356 e. The van der Waals surface area contributed by atoms with Crippen molar-refractivity contribution < 1.29 is 9.59 Å². The number of carbonyl (C=O) groups excluding carboxylic acids is 2. The highest BCUT2D eigenvalue weighted by molar-refractivity contribution is 5.91. The van der Waals surface area contributed by atoms with Gasteiger partial charge in [0.05, 0.1) is 5.92 Å². The van der Waals surface area contributed by atoms with Gasteiger partial charge in [0.25, 0.3) is 0 Å². The molecule has 1 amide bonds. The van der Waals surface area contributed by atoms with Gasteiger partial charge in [0, 0.05) is 25.5 Å². The lowest BCUT2D eigenvalue weighted by Crippen LogP contribution is -2.29. The predicted octanol–water partition coefficient (Wildman–Crippen LogP) is 3.82. The topological polar surface area (TPSA) is 46.2 Å². The molecular formula is C22H27NO2. The van der Waals surface area contributed by atoms with Crippen LogP contribution in [-0.2, 0) is 9.59 Å². The molecule has 0 bridgehead atoms. The molecule has 0 saturated heterocycles. The van der Waals surface area contributed by atoms with Gasteiger partial charge in [-0.2, -0.15) is 0 Å². The summed E-state index contributed by atoms with van der Waals surface area (Å²) in [5.74, 6) is 6.29. The SMILES string of the molecule is C=C1CC(CCNC(C)=O)CC(=O)C1c1c(C)cc(C#CC)cc1C. The summed E-state index contributed by atoms with van der Waals surface area (Å²) in [6.07, 6.45) is 2.21. The monoisotopic (exact) mass is 337 g/mol. The van der Waals surface area contributed by atoms with E-state index >= 15 is 0 Å². The molecule has 0 radical (unpaired) electrons. The van der Waals surface area contributed by atoms with Crippen LogP contribution >= 0.6 is 0 Å². The molecule has 1 aromatic rings. The summed E-state index contributed by atoms with van der Waals surface area (Å²) in [5, 5.41) is 2.81. The molecule has 2 atom stereocenters. The highest BCUT2D eigenvalue weighted by Crippen LogP contribution is 2.40. The summed E-state index contributed by atoms with van der Waals surface area (Å²) in [7, 11) is 0. The second kappa shape index (κ2) is 8.16. The fourth-order valence-corrected chi connectivity index (χ4v) is 3.86. The van der Waals surface area contributed by atoms with E-state index in [0.29, 0.717) is 13.0 Å². The van der Waals surface area contributed by atoms with Gasteiger partial charge in [0.2, 0.25) is 5.91 Å². The van der Waals surface area contributed by atoms with Crippen LogP contribution in [0.3, 0.4) is 0 Å². The zero-order valence-electron chi connectivity index (χ0n) is 15.7. The highest BCUT2D eigenvalue weighted by atomic mass is 16.1. The lowest BCUT2D eigenvalue weighted by Gasteiger charge is -2.31. The van der Waals surface area contributed by atoms with Crippen molar-refractivity contribution in [1.82, 2.24) is 5.32 Å². The quantitative estimate of drug-likeness (QED) is 0.670. The number of nitrogens with one attached hydrogen (secondary N) is 1. The molecule has 3 heteroatoms. The molecule has 2 unspecified atom stereocenters. The molecule has 1 fully saturated rings. The molecule has 0 aliphatic heterocycles. The van der Waals surface area contributed by atoms with Crippen molar-refractivity contribution in [3.8, 4) is 11.8 Å². The number of hydrogen-bond acceptors (Lipinski definition) is 2. The van der Waals surface area contributed by atoms with E-state index in [2.05, 4.69) is 35.9 Å². The number of benzene rings is 1. The lowest BCUT2D eigenvalue weighted by molar-refractivity contribution is -0.121. The number of amides is 1. The molecule has 1 aromatic carbocycles. The number of hydrogen-bond donors (Lipinski definition) is 1. The summed E-state index contributed by atoms with van der Waals surface area (Å²) in [6.45, 7) is 12.3. The molecule has 2 rings (SSSR count). The van der Waals surface area contributed by atoms with E-state index in [0.717, 1.165) is 40.7 Å². The van der Waals surface area contributed by atoms with Crippen LogP contribution in [0.2, 0.25) is 0 Å². The third-order valence-electron chi connectivity index (χ3n) is 4.85. The van der Waals surface area contributed by atoms with Crippen molar-refractivity contribution in [2.75, 3.05) is 6.54 Å². The van der Waals surface area contributed by atoms with Crippen molar-refractivity contribution in [3.63, 3.8) is 0 Å². The number of ketones is 1. The predicted molar refractivity (Wildman–Crippen MR) is 101 cm³/mol. The molecule has 3 nitrogen and oxygen atoms in total. The first-order valence-electron chi connectivity index (χ1n) is 8.82. The molecule has 0 heterocycles. The second-order valence-corrected chi connectivity index (χ2v) is 7.00. The Bertz CT molecular complexity index is 723. The Labute approximate surface area is 150 Å². The second-order valence-electron chi connectivity index (χ2n) is 7.00. The van der Waals surface area contributed by atoms with Crippen LogP contribution in [0.15, 0.2) is 24.3 Å². The van der Waals surface area contributed by atoms with Gasteiger partial charge >= 0.3 is 0 Å². The van der Waals surface area contributed by atoms with Crippen LogP contribution in [0.5, 0.6) is 0 Å². The van der Waals surface area contributed by atoms with Crippen molar-refractivity contribution >= 4 is 11.7 Å². The molecule has 1 saturated carbocycles. The van der Waals surface area contributed by atoms with Gasteiger partial charge in [-0.15, -0.1) is 5.92 Å². The Balaban J connectivity index is 2.19. The van der Waals surface area contributed by atoms with Crippen LogP contribution in [0.1, 0.15) is 61.3 Å². The first kappa shape index (κ1) is 19.0. The lowest BCUT2D eigenvalue weighted by atomic mass is 9.72. The maximum atomic E-state index is 12.9. The Morgan fingerprint density at radius 3 is 2.44 bits per heavy atom. The van der Waals surface area contributed by atoms with E-state index in [-0.39, 0.29) is 23.5 Å². The Morgan fingerprint density at radius 2 is 1.92 bits per heavy atom. The van der Waals surface area contributed by atoms with Crippen molar-refractivity contribution in [1.29, 1.82) is 0 Å². The van der Waals surface area contributed by atoms with Gasteiger partial charge in [0.1, 0.15) is 5.78 Å². The minimum absolute atomic E-state index is 0.0274. The maximum absolute atomic E-state index is 12.9. The zero-order valence-corrected chi connectivity index (χ0v) is 15.7. The van der Waals surface area contributed by atoms with E-state index in [4.69, 9.17) is 0 Å². The summed E-state index contributed by atoms with van der Waals surface area (Å²) in [4.78, 5) is 23.8. The van der Waals surface area contributed by atoms with Crippen LogP contribution in [0.25, 0.3) is 0 Å². The zero-order chi connectivity index (χ0) is 18.6. The summed E-state index contributed by atoms with van der Waals surface area (Å²) < 4.78 is 0. The van der Waals surface area contributed by atoms with Gasteiger partial charge in [-0.25, -0.2) is 0 Å². The smallest absolute Gasteiger partial charge is 0.216 e. The first-order valence-corrected chi connectivity index (χ1v) is 8.82. The van der Waals surface area contributed by atoms with Crippen molar-refractivity contribution in [2.45, 2.75) is 52.9 Å². The third-order valence-corrected chi connectivity index (χ3v) is 4.85. The number of aryl methyl sites for hydroxylation is 2. The van der Waals surface area contributed by atoms with E-state index in [1.807, 2.05) is 20.8 Å². The van der Waals surface area contributed by atoms with Crippen LogP contribution in [0, 0.1) is 31.6 Å². The highest BCUT2D eigenvalue weighted by Gasteiger charge is 2.34. The normalized spacial score (nSPS) is 20.0. The Morgan fingerprint density at radius 1 is 1.28 bits per heavy atom. The van der Waals surface area contributed by atoms with Gasteiger partial charge in [-0.1, -0.05) is 18.1 Å². The number of carbonyl (C=O) groups is 2. The van der Waals surface area contributed by atoms with Crippen LogP contribution in [-0.4, -0.2) is 18.2 Å². The molecular weight excluding hydrogens is 310 g/mol. The van der Waals surface area contributed by atoms with E-state index in [1.165, 1.54) is 6.92 Å². The number of Topliss-reactive ketones (excluding diaryl/α,β-unsaturated/α-hetero) is 1. The van der Waals surface area contributed by atoms with E-state index < -0.39 is 0 Å². The molecule has 132 valence electrons. The number of rotatable bonds is 4. The van der Waals surface area contributed by atoms with Gasteiger partial charge < -0.3 is 5.32 Å². The third kappa shape index (κ3) is 4.60. The number of allylic oxidation sites excluding steroid dienone is 1. The van der Waals surface area contributed by atoms with E-state index in [9.17, 15) is 9.59 Å². The van der Waals surface area contributed by atoms with Crippen LogP contribution in [0.4, 0.5) is 0 Å². The van der Waals surface area contributed by atoms with Gasteiger partial charge in [-0.05, 0) is 68.4 Å². The summed E-state index contributed by atoms with van der Waals surface area (Å²) in [5.41, 5.74) is 5.28. The average Bonchev–Trinajstić information content (AvgIpc) is 2.49. The average molecular weight is 337 g/mol. The molecule has 1 aliphatic rings. The fraction of sp³-hybridized carbons (Fsp3) is 0.455. The molecule has 1 aliphatic carbocycles. The van der Waals surface area contributed by atoms with Crippen molar-refractivity contribution in [3.05, 3.63) is 46.5 Å². The molecule has 0 spiro atoms. The summed E-state index contributed by atoms with van der Waals surface area (Å²) in [6, 6.07) is 4.12.